The van der Waals surface area contributed by atoms with Gasteiger partial charge in [0, 0.05) is 18.1 Å². The summed E-state index contributed by atoms with van der Waals surface area (Å²) in [4.78, 5) is 13.2. The molecule has 23 heavy (non-hydrogen) atoms. The van der Waals surface area contributed by atoms with Crippen LogP contribution in [-0.2, 0) is 13.5 Å². The van der Waals surface area contributed by atoms with E-state index in [9.17, 15) is 0 Å². The Balaban J connectivity index is 1.81. The van der Waals surface area contributed by atoms with Crippen molar-refractivity contribution < 1.29 is 0 Å². The maximum absolute atomic E-state index is 4.41. The summed E-state index contributed by atoms with van der Waals surface area (Å²) in [6.45, 7) is 2.15. The summed E-state index contributed by atoms with van der Waals surface area (Å²) in [5, 5.41) is 4.38. The minimum atomic E-state index is 0.808. The Morgan fingerprint density at radius 2 is 1.83 bits per heavy atom. The van der Waals surface area contributed by atoms with E-state index in [1.165, 1.54) is 5.56 Å². The quantitative estimate of drug-likeness (QED) is 0.625. The highest BCUT2D eigenvalue weighted by Crippen LogP contribution is 2.27. The molecule has 0 amide bonds. The summed E-state index contributed by atoms with van der Waals surface area (Å²) in [6, 6.07) is 12.5. The van der Waals surface area contributed by atoms with Gasteiger partial charge in [0.05, 0.1) is 22.9 Å². The Morgan fingerprint density at radius 1 is 1.00 bits per heavy atom. The molecule has 0 aliphatic rings. The van der Waals surface area contributed by atoms with Crippen molar-refractivity contribution in [3.05, 3.63) is 54.6 Å². The normalized spacial score (nSPS) is 11.2. The second-order valence-electron chi connectivity index (χ2n) is 5.61. The zero-order valence-electron chi connectivity index (χ0n) is 13.1. The van der Waals surface area contributed by atoms with Crippen LogP contribution in [0.4, 0.5) is 11.5 Å². The molecule has 2 aromatic carbocycles. The number of benzene rings is 2. The molecule has 0 saturated carbocycles. The topological polar surface area (TPSA) is 55.6 Å². The van der Waals surface area contributed by atoms with Gasteiger partial charge in [-0.1, -0.05) is 19.1 Å². The first kappa shape index (κ1) is 13.7. The number of nitrogens with one attached hydrogen (secondary N) is 1. The predicted molar refractivity (Wildman–Crippen MR) is 92.9 cm³/mol. The predicted octanol–water partition coefficient (Wildman–Crippen LogP) is 3.82. The standard InChI is InChI=1S/C18H17N5/c1-3-12-4-6-13(7-5-12)22-18-14-8-17-16(21-11-23(17)2)9-15(14)19-10-20-18/h4-11H,3H2,1-2H3,(H,19,20,22). The monoisotopic (exact) mass is 303 g/mol. The molecule has 0 radical (unpaired) electrons. The lowest BCUT2D eigenvalue weighted by molar-refractivity contribution is 0.948. The van der Waals surface area contributed by atoms with E-state index in [0.29, 0.717) is 0 Å². The summed E-state index contributed by atoms with van der Waals surface area (Å²) >= 11 is 0. The van der Waals surface area contributed by atoms with Crippen molar-refractivity contribution in [3.63, 3.8) is 0 Å². The van der Waals surface area contributed by atoms with E-state index in [4.69, 9.17) is 0 Å². The Labute approximate surface area is 134 Å². The molecule has 1 N–H and O–H groups in total. The molecule has 5 nitrogen and oxygen atoms in total. The molecule has 0 saturated heterocycles. The fourth-order valence-corrected chi connectivity index (χ4v) is 2.74. The van der Waals surface area contributed by atoms with Crippen molar-refractivity contribution in [1.29, 1.82) is 0 Å². The highest BCUT2D eigenvalue weighted by molar-refractivity contribution is 5.99. The van der Waals surface area contributed by atoms with E-state index in [2.05, 4.69) is 57.5 Å². The Morgan fingerprint density at radius 3 is 2.61 bits per heavy atom. The van der Waals surface area contributed by atoms with Gasteiger partial charge in [-0.15, -0.1) is 0 Å². The molecule has 2 heterocycles. The molecule has 0 spiro atoms. The lowest BCUT2D eigenvalue weighted by atomic mass is 10.1. The number of hydrogen-bond donors (Lipinski definition) is 1. The third-order valence-electron chi connectivity index (χ3n) is 4.11. The molecule has 0 atom stereocenters. The second kappa shape index (κ2) is 5.35. The van der Waals surface area contributed by atoms with E-state index in [0.717, 1.165) is 39.9 Å². The molecule has 0 aliphatic heterocycles. The van der Waals surface area contributed by atoms with Crippen LogP contribution in [0.15, 0.2) is 49.1 Å². The van der Waals surface area contributed by atoms with Crippen LogP contribution >= 0.6 is 0 Å². The van der Waals surface area contributed by atoms with Gasteiger partial charge in [0.1, 0.15) is 12.1 Å². The maximum atomic E-state index is 4.41. The third-order valence-corrected chi connectivity index (χ3v) is 4.11. The van der Waals surface area contributed by atoms with Crippen molar-refractivity contribution in [2.75, 3.05) is 5.32 Å². The van der Waals surface area contributed by atoms with Crippen LogP contribution in [0.5, 0.6) is 0 Å². The molecule has 0 unspecified atom stereocenters. The number of nitrogens with zero attached hydrogens (tertiary/aromatic N) is 4. The molecular weight excluding hydrogens is 286 g/mol. The van der Waals surface area contributed by atoms with Gasteiger partial charge in [-0.25, -0.2) is 15.0 Å². The molecule has 4 aromatic rings. The molecular formula is C18H17N5. The molecule has 5 heteroatoms. The number of aryl methyl sites for hydroxylation is 2. The van der Waals surface area contributed by atoms with E-state index in [-0.39, 0.29) is 0 Å². The largest absolute Gasteiger partial charge is 0.340 e. The van der Waals surface area contributed by atoms with Gasteiger partial charge in [-0.2, -0.15) is 0 Å². The molecule has 0 aliphatic carbocycles. The molecule has 4 rings (SSSR count). The van der Waals surface area contributed by atoms with Gasteiger partial charge in [0.2, 0.25) is 0 Å². The Kier molecular flexibility index (Phi) is 3.19. The van der Waals surface area contributed by atoms with Crippen LogP contribution in [0.3, 0.4) is 0 Å². The summed E-state index contributed by atoms with van der Waals surface area (Å²) in [6.07, 6.45) is 4.43. The molecule has 0 bridgehead atoms. The highest BCUT2D eigenvalue weighted by atomic mass is 15.0. The number of aromatic nitrogens is 4. The zero-order valence-corrected chi connectivity index (χ0v) is 13.1. The average molecular weight is 303 g/mol. The first-order chi connectivity index (χ1) is 11.2. The number of imidazole rings is 1. The van der Waals surface area contributed by atoms with Crippen molar-refractivity contribution in [1.82, 2.24) is 19.5 Å². The Bertz CT molecular complexity index is 986. The lowest BCUT2D eigenvalue weighted by Crippen LogP contribution is -1.96. The van der Waals surface area contributed by atoms with Crippen molar-refractivity contribution in [2.24, 2.45) is 7.05 Å². The van der Waals surface area contributed by atoms with Gasteiger partial charge in [-0.3, -0.25) is 0 Å². The van der Waals surface area contributed by atoms with Crippen molar-refractivity contribution in [2.45, 2.75) is 13.3 Å². The first-order valence-electron chi connectivity index (χ1n) is 7.66. The van der Waals surface area contributed by atoms with Crippen LogP contribution in [0.25, 0.3) is 21.9 Å². The number of fused-ring (bicyclic) bond motifs is 2. The minimum Gasteiger partial charge on any atom is -0.340 e. The SMILES string of the molecule is CCc1ccc(Nc2ncnc3cc4ncn(C)c4cc23)cc1. The van der Waals surface area contributed by atoms with E-state index in [1.807, 2.05) is 24.0 Å². The van der Waals surface area contributed by atoms with Gasteiger partial charge in [0.25, 0.3) is 0 Å². The fraction of sp³-hybridized carbons (Fsp3) is 0.167. The van der Waals surface area contributed by atoms with Crippen molar-refractivity contribution >= 4 is 33.4 Å². The summed E-state index contributed by atoms with van der Waals surface area (Å²) in [5.41, 5.74) is 5.24. The lowest BCUT2D eigenvalue weighted by Gasteiger charge is -2.09. The number of hydrogen-bond acceptors (Lipinski definition) is 4. The van der Waals surface area contributed by atoms with E-state index < -0.39 is 0 Å². The zero-order chi connectivity index (χ0) is 15.8. The number of anilines is 2. The average Bonchev–Trinajstić information content (AvgIpc) is 2.95. The summed E-state index contributed by atoms with van der Waals surface area (Å²) in [7, 11) is 1.99. The third kappa shape index (κ3) is 2.40. The maximum Gasteiger partial charge on any atom is 0.141 e. The Hall–Kier alpha value is -2.95. The molecule has 2 aromatic heterocycles. The van der Waals surface area contributed by atoms with Crippen molar-refractivity contribution in [3.8, 4) is 0 Å². The van der Waals surface area contributed by atoms with E-state index in [1.54, 1.807) is 6.33 Å². The van der Waals surface area contributed by atoms with Gasteiger partial charge in [0.15, 0.2) is 0 Å². The first-order valence-corrected chi connectivity index (χ1v) is 7.66. The van der Waals surface area contributed by atoms with Crippen LogP contribution in [0.1, 0.15) is 12.5 Å². The summed E-state index contributed by atoms with van der Waals surface area (Å²) in [5.74, 6) is 0.808. The van der Waals surface area contributed by atoms with E-state index >= 15 is 0 Å². The number of rotatable bonds is 3. The van der Waals surface area contributed by atoms with Gasteiger partial charge >= 0.3 is 0 Å². The van der Waals surface area contributed by atoms with Crippen LogP contribution in [-0.4, -0.2) is 19.5 Å². The van der Waals surface area contributed by atoms with Gasteiger partial charge in [-0.05, 0) is 36.2 Å². The second-order valence-corrected chi connectivity index (χ2v) is 5.61. The highest BCUT2D eigenvalue weighted by Gasteiger charge is 2.08. The van der Waals surface area contributed by atoms with Crippen LogP contribution in [0, 0.1) is 0 Å². The minimum absolute atomic E-state index is 0.808. The molecule has 0 fully saturated rings. The fourth-order valence-electron chi connectivity index (χ4n) is 2.74. The van der Waals surface area contributed by atoms with Gasteiger partial charge < -0.3 is 9.88 Å². The molecule has 114 valence electrons. The van der Waals surface area contributed by atoms with Crippen LogP contribution in [0.2, 0.25) is 0 Å². The smallest absolute Gasteiger partial charge is 0.141 e. The summed E-state index contributed by atoms with van der Waals surface area (Å²) < 4.78 is 2.00. The van der Waals surface area contributed by atoms with Crippen LogP contribution < -0.4 is 5.32 Å².